The molecule has 1 aromatic heterocycles. The van der Waals surface area contributed by atoms with Gasteiger partial charge in [-0.1, -0.05) is 63.7 Å². The van der Waals surface area contributed by atoms with Crippen LogP contribution in [-0.4, -0.2) is 21.1 Å². The number of aromatic nitrogens is 3. The molecule has 0 bridgehead atoms. The van der Waals surface area contributed by atoms with Crippen LogP contribution in [0.15, 0.2) is 60.9 Å². The summed E-state index contributed by atoms with van der Waals surface area (Å²) >= 11 is 0. The van der Waals surface area contributed by atoms with Gasteiger partial charge in [0.25, 0.3) is 0 Å². The fraction of sp³-hybridized carbons (Fsp3) is 0.348. The van der Waals surface area contributed by atoms with Gasteiger partial charge >= 0.3 is 5.97 Å². The lowest BCUT2D eigenvalue weighted by molar-refractivity contribution is -0.139. The first-order chi connectivity index (χ1) is 13.6. The number of hydrogen-bond acceptors (Lipinski definition) is 5. The van der Waals surface area contributed by atoms with Crippen molar-refractivity contribution in [3.8, 4) is 5.75 Å². The van der Waals surface area contributed by atoms with Crippen LogP contribution >= 0.6 is 0 Å². The molecule has 0 unspecified atom stereocenters. The Kier molecular flexibility index (Phi) is 5.73. The van der Waals surface area contributed by atoms with Gasteiger partial charge in [0.15, 0.2) is 0 Å². The number of nitrogens with zero attached hydrogens (tertiary/aromatic N) is 3. The van der Waals surface area contributed by atoms with E-state index >= 15 is 0 Å². The maximum absolute atomic E-state index is 12.0. The van der Waals surface area contributed by atoms with Gasteiger partial charge in [-0.3, -0.25) is 0 Å². The van der Waals surface area contributed by atoms with Crippen LogP contribution in [-0.2, 0) is 10.2 Å². The number of hydrogen-bond donors (Lipinski definition) is 0. The van der Waals surface area contributed by atoms with E-state index in [2.05, 4.69) is 57.1 Å². The number of carbonyl (C=O) groups is 1. The molecular weight excluding hydrogens is 366 g/mol. The Labute approximate surface area is 171 Å². The van der Waals surface area contributed by atoms with Gasteiger partial charge in [0, 0.05) is 0 Å². The van der Waals surface area contributed by atoms with E-state index in [1.54, 1.807) is 12.1 Å². The predicted molar refractivity (Wildman–Crippen MR) is 112 cm³/mol. The first kappa shape index (κ1) is 20.6. The molecular formula is C23H27N3O3. The highest BCUT2D eigenvalue weighted by Gasteiger charge is 2.27. The van der Waals surface area contributed by atoms with Crippen LogP contribution in [0.2, 0.25) is 0 Å². The van der Waals surface area contributed by atoms with E-state index in [1.165, 1.54) is 17.9 Å². The van der Waals surface area contributed by atoms with Gasteiger partial charge in [0.05, 0.1) is 12.3 Å². The second kappa shape index (κ2) is 8.07. The average Bonchev–Trinajstić information content (AvgIpc) is 3.03. The van der Waals surface area contributed by atoms with Crippen molar-refractivity contribution >= 4 is 17.0 Å². The van der Waals surface area contributed by atoms with E-state index in [-0.39, 0.29) is 10.8 Å². The lowest BCUT2D eigenvalue weighted by atomic mass is 9.72. The van der Waals surface area contributed by atoms with Gasteiger partial charge in [-0.15, -0.1) is 5.10 Å². The van der Waals surface area contributed by atoms with Crippen molar-refractivity contribution in [1.29, 1.82) is 0 Å². The van der Waals surface area contributed by atoms with E-state index in [4.69, 9.17) is 9.57 Å². The normalized spacial score (nSPS) is 12.4. The first-order valence-corrected chi connectivity index (χ1v) is 9.61. The summed E-state index contributed by atoms with van der Waals surface area (Å²) in [6, 6.07) is 15.2. The number of fused-ring (bicyclic) bond motifs is 1. The maximum atomic E-state index is 12.0. The third-order valence-corrected chi connectivity index (χ3v) is 4.51. The molecule has 6 heteroatoms. The van der Waals surface area contributed by atoms with Crippen molar-refractivity contribution in [3.05, 3.63) is 66.4 Å². The molecule has 0 spiro atoms. The van der Waals surface area contributed by atoms with Crippen LogP contribution in [0.3, 0.4) is 0 Å². The van der Waals surface area contributed by atoms with E-state index in [0.29, 0.717) is 16.8 Å². The molecule has 0 saturated heterocycles. The fourth-order valence-electron chi connectivity index (χ4n) is 3.61. The van der Waals surface area contributed by atoms with Gasteiger partial charge in [0.1, 0.15) is 16.8 Å². The van der Waals surface area contributed by atoms with Crippen molar-refractivity contribution in [2.24, 2.45) is 5.41 Å². The van der Waals surface area contributed by atoms with Crippen LogP contribution in [0.4, 0.5) is 0 Å². The summed E-state index contributed by atoms with van der Waals surface area (Å²) in [4.78, 5) is 18.2. The minimum Gasteiger partial charge on any atom is -0.465 e. The number of benzene rings is 2. The summed E-state index contributed by atoms with van der Waals surface area (Å²) in [5.41, 5.74) is 2.83. The summed E-state index contributed by atoms with van der Waals surface area (Å²) < 4.78 is 5.53. The molecule has 29 heavy (non-hydrogen) atoms. The zero-order valence-electron chi connectivity index (χ0n) is 17.5. The molecule has 1 heterocycles. The fourth-order valence-corrected chi connectivity index (χ4v) is 3.61. The highest BCUT2D eigenvalue weighted by atomic mass is 16.7. The zero-order valence-corrected chi connectivity index (χ0v) is 17.5. The van der Waals surface area contributed by atoms with Crippen molar-refractivity contribution < 1.29 is 14.4 Å². The second-order valence-corrected chi connectivity index (χ2v) is 8.93. The minimum absolute atomic E-state index is 0.0665. The van der Waals surface area contributed by atoms with Crippen molar-refractivity contribution in [2.45, 2.75) is 46.5 Å². The number of ether oxygens (including phenoxy) is 1. The maximum Gasteiger partial charge on any atom is 0.361 e. The van der Waals surface area contributed by atoms with Gasteiger partial charge in [0.2, 0.25) is 0 Å². The van der Waals surface area contributed by atoms with Gasteiger partial charge < -0.3 is 9.57 Å². The summed E-state index contributed by atoms with van der Waals surface area (Å²) in [6.07, 6.45) is 3.58. The lowest BCUT2D eigenvalue weighted by Gasteiger charge is -2.33. The van der Waals surface area contributed by atoms with E-state index in [9.17, 15) is 4.79 Å². The van der Waals surface area contributed by atoms with E-state index < -0.39 is 5.97 Å². The molecule has 3 aromatic rings. The summed E-state index contributed by atoms with van der Waals surface area (Å²) in [5.74, 6) is 0.0409. The average molecular weight is 393 g/mol. The Bertz CT molecular complexity index is 1010. The van der Waals surface area contributed by atoms with Crippen molar-refractivity contribution in [2.75, 3.05) is 0 Å². The largest absolute Gasteiger partial charge is 0.465 e. The Morgan fingerprint density at radius 2 is 1.72 bits per heavy atom. The van der Waals surface area contributed by atoms with Gasteiger partial charge in [-0.2, -0.15) is 0 Å². The standard InChI is InChI=1S/C23H27N3O3/c1-22(2,3)16-23(4,5)17-10-12-18(13-11-17)28-15-14-21(27)29-26-20-9-7-6-8-19(20)24-25-26/h6-15H,16H2,1-5H3. The Morgan fingerprint density at radius 1 is 1.03 bits per heavy atom. The van der Waals surface area contributed by atoms with Crippen LogP contribution in [0.25, 0.3) is 11.0 Å². The van der Waals surface area contributed by atoms with E-state index in [0.717, 1.165) is 11.3 Å². The highest BCUT2D eigenvalue weighted by Crippen LogP contribution is 2.36. The van der Waals surface area contributed by atoms with Crippen LogP contribution in [0, 0.1) is 5.41 Å². The molecule has 0 N–H and O–H groups in total. The molecule has 2 aromatic carbocycles. The quantitative estimate of drug-likeness (QED) is 0.345. The first-order valence-electron chi connectivity index (χ1n) is 9.61. The molecule has 0 atom stereocenters. The third-order valence-electron chi connectivity index (χ3n) is 4.51. The molecule has 152 valence electrons. The van der Waals surface area contributed by atoms with E-state index in [1.807, 2.05) is 24.3 Å². The molecule has 0 aliphatic heterocycles. The van der Waals surface area contributed by atoms with Crippen LogP contribution in [0.1, 0.15) is 46.6 Å². The Hall–Kier alpha value is -3.15. The monoisotopic (exact) mass is 393 g/mol. The molecule has 6 nitrogen and oxygen atoms in total. The molecule has 0 amide bonds. The third kappa shape index (κ3) is 5.44. The number of carbonyl (C=O) groups excluding carboxylic acids is 1. The van der Waals surface area contributed by atoms with Crippen LogP contribution in [0.5, 0.6) is 5.75 Å². The minimum atomic E-state index is -0.608. The van der Waals surface area contributed by atoms with Crippen molar-refractivity contribution in [3.63, 3.8) is 0 Å². The molecule has 0 fully saturated rings. The summed E-state index contributed by atoms with van der Waals surface area (Å²) in [5, 5.41) is 7.74. The lowest BCUT2D eigenvalue weighted by Crippen LogP contribution is -2.24. The SMILES string of the molecule is CC(C)(C)CC(C)(C)c1ccc(OC=CC(=O)On2nnc3ccccc32)cc1. The Balaban J connectivity index is 1.58. The molecule has 0 saturated carbocycles. The predicted octanol–water partition coefficient (Wildman–Crippen LogP) is 4.69. The second-order valence-electron chi connectivity index (χ2n) is 8.93. The van der Waals surface area contributed by atoms with Crippen LogP contribution < -0.4 is 9.57 Å². The highest BCUT2D eigenvalue weighted by molar-refractivity contribution is 5.83. The van der Waals surface area contributed by atoms with Gasteiger partial charge in [-0.25, -0.2) is 4.79 Å². The molecule has 0 radical (unpaired) electrons. The summed E-state index contributed by atoms with van der Waals surface area (Å²) in [6.45, 7) is 11.2. The topological polar surface area (TPSA) is 66.2 Å². The number of para-hydroxylation sites is 1. The molecule has 0 aliphatic rings. The summed E-state index contributed by atoms with van der Waals surface area (Å²) in [7, 11) is 0. The van der Waals surface area contributed by atoms with Crippen molar-refractivity contribution in [1.82, 2.24) is 15.2 Å². The Morgan fingerprint density at radius 3 is 2.41 bits per heavy atom. The molecule has 0 aliphatic carbocycles. The van der Waals surface area contributed by atoms with Gasteiger partial charge in [-0.05, 0) is 52.3 Å². The smallest absolute Gasteiger partial charge is 0.361 e. The number of rotatable bonds is 6. The zero-order chi connectivity index (χ0) is 21.1. The molecule has 3 rings (SSSR count).